The first-order chi connectivity index (χ1) is 7.09. The molecule has 0 spiro atoms. The molecule has 0 saturated carbocycles. The molecule has 0 fully saturated rings. The van der Waals surface area contributed by atoms with Gasteiger partial charge < -0.3 is 11.1 Å². The van der Waals surface area contributed by atoms with Crippen molar-refractivity contribution < 1.29 is 4.79 Å². The van der Waals surface area contributed by atoms with Crippen LogP contribution in [0.25, 0.3) is 0 Å². The van der Waals surface area contributed by atoms with Gasteiger partial charge >= 0.3 is 0 Å². The zero-order chi connectivity index (χ0) is 11.3. The van der Waals surface area contributed by atoms with E-state index in [2.05, 4.69) is 5.32 Å². The van der Waals surface area contributed by atoms with E-state index in [0.717, 1.165) is 17.7 Å². The lowest BCUT2D eigenvalue weighted by atomic mass is 10.1. The molecule has 0 heterocycles. The first kappa shape index (κ1) is 14.9. The van der Waals surface area contributed by atoms with E-state index in [1.165, 1.54) is 0 Å². The maximum Gasteiger partial charge on any atom is 0.224 e. The number of carbonyl (C=O) groups excluding carboxylic acids is 1. The third-order valence-electron chi connectivity index (χ3n) is 2.25. The average molecular weight is 243 g/mol. The molecule has 4 heteroatoms. The highest BCUT2D eigenvalue weighted by molar-refractivity contribution is 5.91. The fraction of sp³-hybridized carbons (Fsp3) is 0.417. The number of anilines is 1. The standard InChI is InChI=1S/C12H18N2O.ClH/c1-9-5-3-4-6-11(9)14-12(15)8-7-10(2)13;/h3-6,10H,7-8,13H2,1-2H3,(H,14,15);1H. The zero-order valence-electron chi connectivity index (χ0n) is 9.69. The van der Waals surface area contributed by atoms with Crippen LogP contribution < -0.4 is 11.1 Å². The van der Waals surface area contributed by atoms with Crippen molar-refractivity contribution in [2.75, 3.05) is 5.32 Å². The molecule has 0 aliphatic rings. The summed E-state index contributed by atoms with van der Waals surface area (Å²) in [5, 5.41) is 2.87. The Morgan fingerprint density at radius 3 is 2.62 bits per heavy atom. The third-order valence-corrected chi connectivity index (χ3v) is 2.25. The maximum absolute atomic E-state index is 11.5. The van der Waals surface area contributed by atoms with E-state index in [9.17, 15) is 4.79 Å². The Morgan fingerprint density at radius 2 is 2.06 bits per heavy atom. The predicted octanol–water partition coefficient (Wildman–Crippen LogP) is 2.48. The van der Waals surface area contributed by atoms with Crippen LogP contribution in [0, 0.1) is 6.92 Å². The van der Waals surface area contributed by atoms with E-state index in [0.29, 0.717) is 6.42 Å². The number of para-hydroxylation sites is 1. The SMILES string of the molecule is Cc1ccccc1NC(=O)CCC(C)N.Cl. The Hall–Kier alpha value is -1.06. The number of halogens is 1. The number of benzene rings is 1. The molecule has 1 aromatic rings. The van der Waals surface area contributed by atoms with Gasteiger partial charge in [-0.15, -0.1) is 12.4 Å². The van der Waals surface area contributed by atoms with E-state index in [1.807, 2.05) is 38.1 Å². The molecule has 1 aromatic carbocycles. The summed E-state index contributed by atoms with van der Waals surface area (Å²) >= 11 is 0. The quantitative estimate of drug-likeness (QED) is 0.852. The molecule has 3 nitrogen and oxygen atoms in total. The largest absolute Gasteiger partial charge is 0.328 e. The molecule has 0 aliphatic heterocycles. The van der Waals surface area contributed by atoms with Crippen LogP contribution in [0.5, 0.6) is 0 Å². The van der Waals surface area contributed by atoms with Crippen LogP contribution in [0.15, 0.2) is 24.3 Å². The van der Waals surface area contributed by atoms with E-state index in [1.54, 1.807) is 0 Å². The van der Waals surface area contributed by atoms with Gasteiger partial charge in [-0.3, -0.25) is 4.79 Å². The maximum atomic E-state index is 11.5. The fourth-order valence-corrected chi connectivity index (χ4v) is 1.28. The summed E-state index contributed by atoms with van der Waals surface area (Å²) in [4.78, 5) is 11.5. The molecule has 0 bridgehead atoms. The number of carbonyl (C=O) groups is 1. The van der Waals surface area contributed by atoms with Gasteiger partial charge in [0.25, 0.3) is 0 Å². The van der Waals surface area contributed by atoms with Gasteiger partial charge in [0.15, 0.2) is 0 Å². The summed E-state index contributed by atoms with van der Waals surface area (Å²) < 4.78 is 0. The Bertz CT molecular complexity index is 340. The smallest absolute Gasteiger partial charge is 0.224 e. The average Bonchev–Trinajstić information content (AvgIpc) is 2.18. The van der Waals surface area contributed by atoms with Crippen molar-refractivity contribution in [1.82, 2.24) is 0 Å². The van der Waals surface area contributed by atoms with Crippen molar-refractivity contribution in [1.29, 1.82) is 0 Å². The highest BCUT2D eigenvalue weighted by Crippen LogP contribution is 2.13. The van der Waals surface area contributed by atoms with Gasteiger partial charge in [0.05, 0.1) is 0 Å². The second-order valence-electron chi connectivity index (χ2n) is 3.88. The summed E-state index contributed by atoms with van der Waals surface area (Å²) in [7, 11) is 0. The summed E-state index contributed by atoms with van der Waals surface area (Å²) in [5.41, 5.74) is 7.54. The van der Waals surface area contributed by atoms with Gasteiger partial charge in [-0.05, 0) is 31.9 Å². The number of rotatable bonds is 4. The number of nitrogens with two attached hydrogens (primary N) is 1. The molecule has 0 aromatic heterocycles. The van der Waals surface area contributed by atoms with Crippen LogP contribution in [0.4, 0.5) is 5.69 Å². The fourth-order valence-electron chi connectivity index (χ4n) is 1.28. The Morgan fingerprint density at radius 1 is 1.44 bits per heavy atom. The first-order valence-electron chi connectivity index (χ1n) is 5.20. The first-order valence-corrected chi connectivity index (χ1v) is 5.20. The molecule has 3 N–H and O–H groups in total. The second kappa shape index (κ2) is 7.25. The minimum atomic E-state index is 0. The summed E-state index contributed by atoms with van der Waals surface area (Å²) in [5.74, 6) is 0.0293. The summed E-state index contributed by atoms with van der Waals surface area (Å²) in [6.45, 7) is 3.88. The molecule has 1 amide bonds. The van der Waals surface area contributed by atoms with Crippen LogP contribution in [0.1, 0.15) is 25.3 Å². The Kier molecular flexibility index (Phi) is 6.77. The molecule has 0 aliphatic carbocycles. The minimum absolute atomic E-state index is 0. The van der Waals surface area contributed by atoms with Crippen molar-refractivity contribution in [3.05, 3.63) is 29.8 Å². The van der Waals surface area contributed by atoms with Crippen LogP contribution in [-0.4, -0.2) is 11.9 Å². The number of aryl methyl sites for hydroxylation is 1. The number of hydrogen-bond donors (Lipinski definition) is 2. The second-order valence-corrected chi connectivity index (χ2v) is 3.88. The lowest BCUT2D eigenvalue weighted by Gasteiger charge is -2.08. The van der Waals surface area contributed by atoms with E-state index >= 15 is 0 Å². The summed E-state index contributed by atoms with van der Waals surface area (Å²) in [6.07, 6.45) is 1.20. The van der Waals surface area contributed by atoms with Gasteiger partial charge in [-0.25, -0.2) is 0 Å². The van der Waals surface area contributed by atoms with E-state index < -0.39 is 0 Å². The molecular weight excluding hydrogens is 224 g/mol. The predicted molar refractivity (Wildman–Crippen MR) is 69.9 cm³/mol. The molecule has 1 atom stereocenters. The van der Waals surface area contributed by atoms with Gasteiger partial charge in [0.1, 0.15) is 0 Å². The van der Waals surface area contributed by atoms with Crippen LogP contribution in [-0.2, 0) is 4.79 Å². The normalized spacial score (nSPS) is 11.4. The van der Waals surface area contributed by atoms with Crippen molar-refractivity contribution >= 4 is 24.0 Å². The highest BCUT2D eigenvalue weighted by atomic mass is 35.5. The topological polar surface area (TPSA) is 55.1 Å². The monoisotopic (exact) mass is 242 g/mol. The van der Waals surface area contributed by atoms with Gasteiger partial charge in [-0.1, -0.05) is 18.2 Å². The highest BCUT2D eigenvalue weighted by Gasteiger charge is 2.05. The molecule has 1 rings (SSSR count). The van der Waals surface area contributed by atoms with Crippen LogP contribution >= 0.6 is 12.4 Å². The molecule has 1 unspecified atom stereocenters. The number of amides is 1. The van der Waals surface area contributed by atoms with Crippen molar-refractivity contribution in [3.8, 4) is 0 Å². The molecule has 90 valence electrons. The Labute approximate surface area is 103 Å². The lowest BCUT2D eigenvalue weighted by Crippen LogP contribution is -2.19. The molecule has 16 heavy (non-hydrogen) atoms. The van der Waals surface area contributed by atoms with Crippen molar-refractivity contribution in [2.24, 2.45) is 5.73 Å². The molecule has 0 radical (unpaired) electrons. The number of nitrogens with one attached hydrogen (secondary N) is 1. The summed E-state index contributed by atoms with van der Waals surface area (Å²) in [6, 6.07) is 7.81. The lowest BCUT2D eigenvalue weighted by molar-refractivity contribution is -0.116. The van der Waals surface area contributed by atoms with Crippen molar-refractivity contribution in [2.45, 2.75) is 32.7 Å². The molecular formula is C12H19ClN2O. The van der Waals surface area contributed by atoms with E-state index in [4.69, 9.17) is 5.73 Å². The number of hydrogen-bond acceptors (Lipinski definition) is 2. The minimum Gasteiger partial charge on any atom is -0.328 e. The Balaban J connectivity index is 0.00000225. The van der Waals surface area contributed by atoms with Gasteiger partial charge in [-0.2, -0.15) is 0 Å². The van der Waals surface area contributed by atoms with Gasteiger partial charge in [0.2, 0.25) is 5.91 Å². The van der Waals surface area contributed by atoms with E-state index in [-0.39, 0.29) is 24.4 Å². The van der Waals surface area contributed by atoms with Gasteiger partial charge in [0, 0.05) is 18.2 Å². The third kappa shape index (κ3) is 5.14. The van der Waals surface area contributed by atoms with Crippen LogP contribution in [0.2, 0.25) is 0 Å². The molecule has 0 saturated heterocycles. The van der Waals surface area contributed by atoms with Crippen molar-refractivity contribution in [3.63, 3.8) is 0 Å². The zero-order valence-corrected chi connectivity index (χ0v) is 10.5. The van der Waals surface area contributed by atoms with Crippen LogP contribution in [0.3, 0.4) is 0 Å².